The first-order valence-corrected chi connectivity index (χ1v) is 6.48. The van der Waals surface area contributed by atoms with Crippen LogP contribution in [0.4, 0.5) is 4.39 Å². The molecule has 1 saturated carbocycles. The predicted octanol–water partition coefficient (Wildman–Crippen LogP) is 1.61. The average molecular weight is 253 g/mol. The van der Waals surface area contributed by atoms with Gasteiger partial charge in [0.2, 0.25) is 0 Å². The number of halogens is 1. The molecule has 0 amide bonds. The summed E-state index contributed by atoms with van der Waals surface area (Å²) in [4.78, 5) is 0. The molecule has 0 aromatic heterocycles. The molecule has 1 aromatic carbocycles. The van der Waals surface area contributed by atoms with Crippen molar-refractivity contribution in [1.29, 1.82) is 0 Å². The Morgan fingerprint density at radius 2 is 2.00 bits per heavy atom. The van der Waals surface area contributed by atoms with Crippen LogP contribution in [0.5, 0.6) is 0 Å². The van der Waals surface area contributed by atoms with E-state index in [1.165, 1.54) is 12.1 Å². The van der Waals surface area contributed by atoms with Gasteiger partial charge in [0.1, 0.15) is 5.82 Å². The first-order chi connectivity index (χ1) is 8.70. The summed E-state index contributed by atoms with van der Waals surface area (Å²) in [6, 6.07) is 6.18. The number of rotatable bonds is 5. The molecule has 0 saturated heterocycles. The molecule has 1 aliphatic rings. The minimum absolute atomic E-state index is 0.199. The molecule has 1 fully saturated rings. The third kappa shape index (κ3) is 3.28. The van der Waals surface area contributed by atoms with Crippen molar-refractivity contribution < 1.29 is 14.6 Å². The zero-order valence-electron chi connectivity index (χ0n) is 10.3. The molecule has 1 aromatic rings. The van der Waals surface area contributed by atoms with Gasteiger partial charge in [-0.15, -0.1) is 0 Å². The second kappa shape index (κ2) is 6.27. The fourth-order valence-corrected chi connectivity index (χ4v) is 2.59. The van der Waals surface area contributed by atoms with Crippen LogP contribution in [0.15, 0.2) is 24.3 Å². The van der Waals surface area contributed by atoms with E-state index in [0.29, 0.717) is 18.0 Å². The van der Waals surface area contributed by atoms with Gasteiger partial charge in [0.05, 0.1) is 6.10 Å². The lowest BCUT2D eigenvalue weighted by atomic mass is 10.0. The van der Waals surface area contributed by atoms with Gasteiger partial charge < -0.3 is 15.5 Å². The third-order valence-electron chi connectivity index (χ3n) is 3.72. The first-order valence-electron chi connectivity index (χ1n) is 6.48. The summed E-state index contributed by atoms with van der Waals surface area (Å²) in [5.41, 5.74) is 0.711. The van der Waals surface area contributed by atoms with Gasteiger partial charge in [-0.25, -0.2) is 4.39 Å². The monoisotopic (exact) mass is 253 g/mol. The number of benzene rings is 1. The predicted molar refractivity (Wildman–Crippen MR) is 67.6 cm³/mol. The molecule has 18 heavy (non-hydrogen) atoms. The van der Waals surface area contributed by atoms with Crippen molar-refractivity contribution in [3.8, 4) is 0 Å². The highest BCUT2D eigenvalue weighted by Crippen LogP contribution is 2.25. The molecule has 3 N–H and O–H groups in total. The van der Waals surface area contributed by atoms with E-state index in [1.807, 2.05) is 0 Å². The van der Waals surface area contributed by atoms with Crippen molar-refractivity contribution in [2.24, 2.45) is 5.92 Å². The number of hydrogen-bond acceptors (Lipinski definition) is 3. The van der Waals surface area contributed by atoms with Crippen LogP contribution >= 0.6 is 0 Å². The zero-order chi connectivity index (χ0) is 13.0. The van der Waals surface area contributed by atoms with E-state index in [4.69, 9.17) is 0 Å². The van der Waals surface area contributed by atoms with E-state index >= 15 is 0 Å². The van der Waals surface area contributed by atoms with Crippen molar-refractivity contribution >= 4 is 0 Å². The van der Waals surface area contributed by atoms with Crippen LogP contribution in [0, 0.1) is 11.7 Å². The van der Waals surface area contributed by atoms with E-state index in [9.17, 15) is 14.6 Å². The highest BCUT2D eigenvalue weighted by molar-refractivity contribution is 5.18. The van der Waals surface area contributed by atoms with Gasteiger partial charge >= 0.3 is 0 Å². The molecule has 0 aliphatic heterocycles. The Bertz CT molecular complexity index is 369. The topological polar surface area (TPSA) is 52.5 Å². The van der Waals surface area contributed by atoms with E-state index in [0.717, 1.165) is 19.3 Å². The van der Waals surface area contributed by atoms with Crippen LogP contribution < -0.4 is 5.32 Å². The zero-order valence-corrected chi connectivity index (χ0v) is 10.3. The molecular formula is C14H20FNO2. The molecule has 0 spiro atoms. The Kier molecular flexibility index (Phi) is 4.69. The molecule has 1 aliphatic carbocycles. The molecule has 100 valence electrons. The van der Waals surface area contributed by atoms with Gasteiger partial charge in [-0.2, -0.15) is 0 Å². The van der Waals surface area contributed by atoms with Crippen molar-refractivity contribution in [3.63, 3.8) is 0 Å². The molecule has 2 rings (SSSR count). The molecule has 0 heterocycles. The lowest BCUT2D eigenvalue weighted by molar-refractivity contribution is 0.155. The number of hydrogen-bond donors (Lipinski definition) is 3. The normalized spacial score (nSPS) is 25.3. The fourth-order valence-electron chi connectivity index (χ4n) is 2.59. The van der Waals surface area contributed by atoms with Gasteiger partial charge in [0.25, 0.3) is 0 Å². The van der Waals surface area contributed by atoms with Gasteiger partial charge in [0, 0.05) is 19.2 Å². The third-order valence-corrected chi connectivity index (χ3v) is 3.72. The number of aliphatic hydroxyl groups excluding tert-OH is 2. The van der Waals surface area contributed by atoms with Crippen LogP contribution in [-0.4, -0.2) is 29.4 Å². The molecule has 3 unspecified atom stereocenters. The van der Waals surface area contributed by atoms with Crippen molar-refractivity contribution in [2.45, 2.75) is 31.4 Å². The van der Waals surface area contributed by atoms with Gasteiger partial charge in [0.15, 0.2) is 0 Å². The Balaban J connectivity index is 1.84. The Hall–Kier alpha value is -0.970. The molecule has 3 nitrogen and oxygen atoms in total. The summed E-state index contributed by atoms with van der Waals surface area (Å²) < 4.78 is 12.8. The summed E-state index contributed by atoms with van der Waals surface area (Å²) in [5, 5.41) is 22.5. The maximum absolute atomic E-state index is 12.8. The Morgan fingerprint density at radius 1 is 1.28 bits per heavy atom. The van der Waals surface area contributed by atoms with E-state index < -0.39 is 6.10 Å². The minimum Gasteiger partial charge on any atom is -0.396 e. The average Bonchev–Trinajstić information content (AvgIpc) is 2.84. The highest BCUT2D eigenvalue weighted by atomic mass is 19.1. The standard InChI is InChI=1S/C14H20FNO2/c15-12-6-4-10(5-7-12)14(18)8-16-13-3-1-2-11(13)9-17/h4-7,11,13-14,16-18H,1-3,8-9H2. The van der Waals surface area contributed by atoms with Crippen molar-refractivity contribution in [2.75, 3.05) is 13.2 Å². The first kappa shape index (κ1) is 13.5. The maximum atomic E-state index is 12.8. The summed E-state index contributed by atoms with van der Waals surface area (Å²) in [6.07, 6.45) is 2.57. The SMILES string of the molecule is OCC1CCCC1NCC(O)c1ccc(F)cc1. The lowest BCUT2D eigenvalue weighted by Gasteiger charge is -2.21. The fraction of sp³-hybridized carbons (Fsp3) is 0.571. The molecule has 0 bridgehead atoms. The highest BCUT2D eigenvalue weighted by Gasteiger charge is 2.26. The van der Waals surface area contributed by atoms with Crippen molar-refractivity contribution in [3.05, 3.63) is 35.6 Å². The van der Waals surface area contributed by atoms with Gasteiger partial charge in [-0.3, -0.25) is 0 Å². The number of aliphatic hydroxyl groups is 2. The van der Waals surface area contributed by atoms with Crippen LogP contribution in [0.3, 0.4) is 0 Å². The summed E-state index contributed by atoms with van der Waals surface area (Å²) in [7, 11) is 0. The minimum atomic E-state index is -0.634. The summed E-state index contributed by atoms with van der Waals surface area (Å²) in [6.45, 7) is 0.636. The van der Waals surface area contributed by atoms with Crippen LogP contribution in [0.25, 0.3) is 0 Å². The smallest absolute Gasteiger partial charge is 0.123 e. The second-order valence-corrected chi connectivity index (χ2v) is 4.96. The van der Waals surface area contributed by atoms with Crippen LogP contribution in [-0.2, 0) is 0 Å². The quantitative estimate of drug-likeness (QED) is 0.747. The summed E-state index contributed by atoms with van der Waals surface area (Å²) >= 11 is 0. The Morgan fingerprint density at radius 3 is 2.67 bits per heavy atom. The van der Waals surface area contributed by atoms with E-state index in [2.05, 4.69) is 5.32 Å². The van der Waals surface area contributed by atoms with Crippen molar-refractivity contribution in [1.82, 2.24) is 5.32 Å². The molecular weight excluding hydrogens is 233 g/mol. The van der Waals surface area contributed by atoms with Crippen LogP contribution in [0.2, 0.25) is 0 Å². The maximum Gasteiger partial charge on any atom is 0.123 e. The molecule has 3 atom stereocenters. The van der Waals surface area contributed by atoms with E-state index in [1.54, 1.807) is 12.1 Å². The number of nitrogens with one attached hydrogen (secondary N) is 1. The summed E-state index contributed by atoms with van der Waals surface area (Å²) in [5.74, 6) is 0.000430. The van der Waals surface area contributed by atoms with E-state index in [-0.39, 0.29) is 18.5 Å². The largest absolute Gasteiger partial charge is 0.396 e. The van der Waals surface area contributed by atoms with Crippen LogP contribution in [0.1, 0.15) is 30.9 Å². The molecule has 4 heteroatoms. The van der Waals surface area contributed by atoms with Gasteiger partial charge in [-0.05, 0) is 36.5 Å². The molecule has 0 radical (unpaired) electrons. The van der Waals surface area contributed by atoms with Gasteiger partial charge in [-0.1, -0.05) is 18.6 Å². The lowest BCUT2D eigenvalue weighted by Crippen LogP contribution is -2.36. The Labute approximate surface area is 107 Å². The second-order valence-electron chi connectivity index (χ2n) is 4.96.